The van der Waals surface area contributed by atoms with Crippen LogP contribution in [0.3, 0.4) is 0 Å². The van der Waals surface area contributed by atoms with Crippen molar-refractivity contribution in [3.05, 3.63) is 35.9 Å². The van der Waals surface area contributed by atoms with Crippen molar-refractivity contribution in [3.63, 3.8) is 0 Å². The molecule has 0 aromatic heterocycles. The van der Waals surface area contributed by atoms with E-state index >= 15 is 0 Å². The number of amides is 1. The van der Waals surface area contributed by atoms with Crippen LogP contribution in [0.2, 0.25) is 0 Å². The Labute approximate surface area is 161 Å². The van der Waals surface area contributed by atoms with E-state index in [2.05, 4.69) is 12.2 Å². The second-order valence-electron chi connectivity index (χ2n) is 8.96. The maximum Gasteiger partial charge on any atom is 0.244 e. The Hall–Kier alpha value is -1.66. The van der Waals surface area contributed by atoms with Gasteiger partial charge in [-0.05, 0) is 92.4 Å². The van der Waals surface area contributed by atoms with Crippen LogP contribution < -0.4 is 10.5 Å². The molecule has 6 heteroatoms. The summed E-state index contributed by atoms with van der Waals surface area (Å²) in [5.41, 5.74) is 1.05. The topological polar surface area (TPSA) is 89.3 Å². The molecule has 4 aliphatic rings. The zero-order chi connectivity index (χ0) is 19.2. The van der Waals surface area contributed by atoms with Gasteiger partial charge in [0.2, 0.25) is 15.9 Å². The Morgan fingerprint density at radius 2 is 1.63 bits per heavy atom. The van der Waals surface area contributed by atoms with E-state index in [9.17, 15) is 13.2 Å². The van der Waals surface area contributed by atoms with Crippen molar-refractivity contribution in [2.24, 2.45) is 28.3 Å². The van der Waals surface area contributed by atoms with Gasteiger partial charge in [0.05, 0.1) is 4.90 Å². The monoisotopic (exact) mass is 388 g/mol. The molecule has 4 bridgehead atoms. The number of hydrogen-bond acceptors (Lipinski definition) is 3. The summed E-state index contributed by atoms with van der Waals surface area (Å²) in [4.78, 5) is 12.5. The summed E-state index contributed by atoms with van der Waals surface area (Å²) in [5, 5.41) is 8.30. The van der Waals surface area contributed by atoms with Crippen LogP contribution in [0.1, 0.15) is 51.0 Å². The first-order chi connectivity index (χ1) is 12.7. The van der Waals surface area contributed by atoms with Crippen LogP contribution in [-0.4, -0.2) is 20.4 Å². The van der Waals surface area contributed by atoms with Crippen LogP contribution >= 0.6 is 0 Å². The molecule has 1 atom stereocenters. The number of benzene rings is 1. The van der Waals surface area contributed by atoms with E-state index in [0.29, 0.717) is 0 Å². The van der Waals surface area contributed by atoms with Crippen molar-refractivity contribution in [2.45, 2.75) is 56.4 Å². The first-order valence-electron chi connectivity index (χ1n) is 9.85. The molecule has 0 radical (unpaired) electrons. The lowest BCUT2D eigenvalue weighted by Crippen LogP contribution is -2.55. The van der Waals surface area contributed by atoms with Gasteiger partial charge in [-0.2, -0.15) is 0 Å². The van der Waals surface area contributed by atoms with Gasteiger partial charge in [-0.25, -0.2) is 13.6 Å². The van der Waals surface area contributed by atoms with E-state index in [4.69, 9.17) is 5.14 Å². The molecule has 5 nitrogen and oxygen atoms in total. The Morgan fingerprint density at radius 3 is 2.11 bits per heavy atom. The van der Waals surface area contributed by atoms with Crippen LogP contribution in [0.4, 0.5) is 0 Å². The average Bonchev–Trinajstić information content (AvgIpc) is 2.58. The smallest absolute Gasteiger partial charge is 0.244 e. The van der Waals surface area contributed by atoms with Crippen molar-refractivity contribution >= 4 is 22.0 Å². The fraction of sp³-hybridized carbons (Fsp3) is 0.571. The highest BCUT2D eigenvalue weighted by atomic mass is 32.2. The third kappa shape index (κ3) is 3.83. The van der Waals surface area contributed by atoms with E-state index in [1.807, 2.05) is 0 Å². The van der Waals surface area contributed by atoms with Crippen LogP contribution in [0.15, 0.2) is 35.2 Å². The van der Waals surface area contributed by atoms with Gasteiger partial charge in [-0.1, -0.05) is 12.1 Å². The van der Waals surface area contributed by atoms with Crippen LogP contribution in [0, 0.1) is 23.2 Å². The Balaban J connectivity index is 1.38. The van der Waals surface area contributed by atoms with Crippen molar-refractivity contribution in [2.75, 3.05) is 0 Å². The van der Waals surface area contributed by atoms with Gasteiger partial charge in [0.1, 0.15) is 0 Å². The van der Waals surface area contributed by atoms with Crippen molar-refractivity contribution < 1.29 is 13.2 Å². The number of nitrogens with two attached hydrogens (primary N) is 1. The number of nitrogens with one attached hydrogen (secondary N) is 1. The Bertz CT molecular complexity index is 823. The molecular weight excluding hydrogens is 360 g/mol. The van der Waals surface area contributed by atoms with E-state index in [0.717, 1.165) is 23.3 Å². The highest BCUT2D eigenvalue weighted by molar-refractivity contribution is 7.89. The highest BCUT2D eigenvalue weighted by Crippen LogP contribution is 2.61. The van der Waals surface area contributed by atoms with E-state index in [1.165, 1.54) is 56.7 Å². The molecule has 3 N–H and O–H groups in total. The summed E-state index contributed by atoms with van der Waals surface area (Å²) in [6.07, 6.45) is 11.2. The molecule has 0 aliphatic heterocycles. The minimum absolute atomic E-state index is 0.0690. The van der Waals surface area contributed by atoms with E-state index in [-0.39, 0.29) is 22.3 Å². The highest BCUT2D eigenvalue weighted by Gasteiger charge is 2.53. The molecule has 146 valence electrons. The molecule has 4 saturated carbocycles. The van der Waals surface area contributed by atoms with Gasteiger partial charge in [-0.3, -0.25) is 4.79 Å². The summed E-state index contributed by atoms with van der Waals surface area (Å²) in [7, 11) is -3.69. The van der Waals surface area contributed by atoms with Crippen molar-refractivity contribution in [3.8, 4) is 0 Å². The molecule has 27 heavy (non-hydrogen) atoms. The van der Waals surface area contributed by atoms with Gasteiger partial charge < -0.3 is 5.32 Å². The van der Waals surface area contributed by atoms with Crippen LogP contribution in [0.25, 0.3) is 6.08 Å². The lowest BCUT2D eigenvalue weighted by atomic mass is 9.48. The first-order valence-corrected chi connectivity index (χ1v) is 11.4. The van der Waals surface area contributed by atoms with Gasteiger partial charge in [0.15, 0.2) is 0 Å². The second-order valence-corrected chi connectivity index (χ2v) is 10.5. The molecule has 5 rings (SSSR count). The summed E-state index contributed by atoms with van der Waals surface area (Å²) >= 11 is 0. The fourth-order valence-electron chi connectivity index (χ4n) is 6.06. The lowest BCUT2D eigenvalue weighted by Gasteiger charge is -2.59. The molecule has 0 spiro atoms. The molecular formula is C21H28N2O3S. The fourth-order valence-corrected chi connectivity index (χ4v) is 6.58. The Kier molecular flexibility index (Phi) is 4.67. The predicted octanol–water partition coefficient (Wildman–Crippen LogP) is 3.07. The minimum Gasteiger partial charge on any atom is -0.350 e. The van der Waals surface area contributed by atoms with Crippen LogP contribution in [-0.2, 0) is 14.8 Å². The van der Waals surface area contributed by atoms with Gasteiger partial charge in [0, 0.05) is 12.1 Å². The average molecular weight is 389 g/mol. The molecule has 0 heterocycles. The molecule has 4 aliphatic carbocycles. The molecule has 1 amide bonds. The normalized spacial score (nSPS) is 33.3. The molecule has 1 aromatic carbocycles. The number of carbonyl (C=O) groups excluding carboxylic acids is 1. The second kappa shape index (κ2) is 6.74. The summed E-state index contributed by atoms with van der Waals surface area (Å²) in [6.45, 7) is 2.17. The molecule has 4 fully saturated rings. The molecule has 0 saturated heterocycles. The van der Waals surface area contributed by atoms with Crippen molar-refractivity contribution in [1.29, 1.82) is 0 Å². The van der Waals surface area contributed by atoms with Gasteiger partial charge in [-0.15, -0.1) is 0 Å². The third-order valence-electron chi connectivity index (χ3n) is 7.00. The SMILES string of the molecule is C[C@H](NC(=O)/C=C/c1ccc(S(N)(=O)=O)cc1)C12CC3CC(CC(C3)C1)C2. The largest absolute Gasteiger partial charge is 0.350 e. The molecule has 1 aromatic rings. The third-order valence-corrected chi connectivity index (χ3v) is 7.93. The Morgan fingerprint density at radius 1 is 1.11 bits per heavy atom. The zero-order valence-corrected chi connectivity index (χ0v) is 16.5. The number of carbonyl (C=O) groups is 1. The van der Waals surface area contributed by atoms with Gasteiger partial charge in [0.25, 0.3) is 0 Å². The number of primary sulfonamides is 1. The van der Waals surface area contributed by atoms with Crippen molar-refractivity contribution in [1.82, 2.24) is 5.32 Å². The lowest BCUT2D eigenvalue weighted by molar-refractivity contribution is -0.121. The van der Waals surface area contributed by atoms with E-state index < -0.39 is 10.0 Å². The minimum atomic E-state index is -3.69. The number of hydrogen-bond donors (Lipinski definition) is 2. The van der Waals surface area contributed by atoms with E-state index in [1.54, 1.807) is 18.2 Å². The summed E-state index contributed by atoms with van der Waals surface area (Å²) < 4.78 is 22.6. The van der Waals surface area contributed by atoms with Crippen LogP contribution in [0.5, 0.6) is 0 Å². The summed E-state index contributed by atoms with van der Waals surface area (Å²) in [5.74, 6) is 2.50. The predicted molar refractivity (Wildman–Crippen MR) is 105 cm³/mol. The zero-order valence-electron chi connectivity index (χ0n) is 15.7. The standard InChI is InChI=1S/C21H28N2O3S/c1-14(21-11-16-8-17(12-21)10-18(9-16)13-21)23-20(24)7-4-15-2-5-19(6-3-15)27(22,25)26/h2-7,14,16-18H,8-13H2,1H3,(H,23,24)(H2,22,25,26)/b7-4+/t14-,16?,17?,18?,21?/m0/s1. The summed E-state index contributed by atoms with van der Waals surface area (Å²) in [6, 6.07) is 6.38. The molecule has 0 unspecified atom stereocenters. The first kappa shape index (κ1) is 18.7. The maximum atomic E-state index is 12.4. The number of rotatable bonds is 5. The number of sulfonamides is 1. The van der Waals surface area contributed by atoms with Gasteiger partial charge >= 0.3 is 0 Å². The quantitative estimate of drug-likeness (QED) is 0.760. The maximum absolute atomic E-state index is 12.4.